The lowest BCUT2D eigenvalue weighted by Crippen LogP contribution is -2.58. The van der Waals surface area contributed by atoms with Crippen molar-refractivity contribution in [2.45, 2.75) is 37.8 Å². The highest BCUT2D eigenvalue weighted by molar-refractivity contribution is 14.1. The first-order valence-corrected chi connectivity index (χ1v) is 8.53. The Morgan fingerprint density at radius 2 is 1.91 bits per heavy atom. The molecular formula is C14H16ClFIN5. The van der Waals surface area contributed by atoms with E-state index in [1.54, 1.807) is 11.0 Å². The van der Waals surface area contributed by atoms with Gasteiger partial charge in [0.2, 0.25) is 11.9 Å². The number of halogens is 3. The van der Waals surface area contributed by atoms with Gasteiger partial charge in [0.25, 0.3) is 0 Å². The molecule has 0 radical (unpaired) electrons. The van der Waals surface area contributed by atoms with E-state index in [1.807, 2.05) is 0 Å². The minimum atomic E-state index is -0.647. The molecule has 22 heavy (non-hydrogen) atoms. The fourth-order valence-electron chi connectivity index (χ4n) is 3.15. The lowest BCUT2D eigenvalue weighted by Gasteiger charge is -2.45. The number of benzene rings is 1. The van der Waals surface area contributed by atoms with Crippen LogP contribution in [-0.4, -0.2) is 17.6 Å². The van der Waals surface area contributed by atoms with E-state index in [-0.39, 0.29) is 11.9 Å². The molecule has 4 N–H and O–H groups in total. The zero-order valence-corrected chi connectivity index (χ0v) is 14.7. The molecule has 0 aromatic heterocycles. The summed E-state index contributed by atoms with van der Waals surface area (Å²) in [5, 5.41) is 0.370. The van der Waals surface area contributed by atoms with Gasteiger partial charge in [-0.25, -0.2) is 9.38 Å². The van der Waals surface area contributed by atoms with Crippen molar-refractivity contribution >= 4 is 51.8 Å². The molecule has 1 saturated carbocycles. The maximum Gasteiger partial charge on any atom is 0.220 e. The Kier molecular flexibility index (Phi) is 4.19. The molecule has 118 valence electrons. The average Bonchev–Trinajstić information content (AvgIpc) is 2.44. The second kappa shape index (κ2) is 5.84. The number of anilines is 1. The third-order valence-corrected chi connectivity index (χ3v) is 5.61. The second-order valence-electron chi connectivity index (χ2n) is 5.54. The fraction of sp³-hybridized carbons (Fsp3) is 0.429. The van der Waals surface area contributed by atoms with E-state index in [0.29, 0.717) is 10.7 Å². The molecule has 5 nitrogen and oxygen atoms in total. The first-order valence-electron chi connectivity index (χ1n) is 7.07. The molecule has 8 heteroatoms. The van der Waals surface area contributed by atoms with Gasteiger partial charge in [-0.3, -0.25) is 4.90 Å². The lowest BCUT2D eigenvalue weighted by molar-refractivity contribution is 0.304. The summed E-state index contributed by atoms with van der Waals surface area (Å²) in [7, 11) is 0. The van der Waals surface area contributed by atoms with E-state index in [9.17, 15) is 4.39 Å². The standard InChI is InChI=1S/C14H16ClFIN5/c15-8-6-9(16)11(7-10(8)17)22-13(19)20-12(18)21-14(22)4-2-1-3-5-14/h6-7H,1-5H2,(H4,18,19,20,21). The van der Waals surface area contributed by atoms with Crippen LogP contribution in [0.4, 0.5) is 10.1 Å². The van der Waals surface area contributed by atoms with Crippen molar-refractivity contribution in [1.82, 2.24) is 0 Å². The van der Waals surface area contributed by atoms with Gasteiger partial charge in [-0.05, 0) is 60.4 Å². The molecular weight excluding hydrogens is 420 g/mol. The van der Waals surface area contributed by atoms with Gasteiger partial charge in [0.1, 0.15) is 11.5 Å². The van der Waals surface area contributed by atoms with E-state index < -0.39 is 11.5 Å². The molecule has 0 amide bonds. The van der Waals surface area contributed by atoms with Crippen LogP contribution in [0.3, 0.4) is 0 Å². The van der Waals surface area contributed by atoms with Gasteiger partial charge in [-0.2, -0.15) is 4.99 Å². The number of aliphatic imine (C=N–C) groups is 2. The van der Waals surface area contributed by atoms with E-state index in [2.05, 4.69) is 32.6 Å². The Bertz CT molecular complexity index is 669. The highest BCUT2D eigenvalue weighted by atomic mass is 127. The van der Waals surface area contributed by atoms with Crippen molar-refractivity contribution in [2.75, 3.05) is 4.90 Å². The minimum absolute atomic E-state index is 0.153. The molecule has 0 bridgehead atoms. The number of hydrogen-bond donors (Lipinski definition) is 2. The third kappa shape index (κ3) is 2.64. The number of nitrogens with two attached hydrogens (primary N) is 2. The topological polar surface area (TPSA) is 80.0 Å². The Morgan fingerprint density at radius 1 is 1.23 bits per heavy atom. The molecule has 1 aromatic rings. The monoisotopic (exact) mass is 435 g/mol. The van der Waals surface area contributed by atoms with E-state index in [4.69, 9.17) is 23.1 Å². The molecule has 1 spiro atoms. The minimum Gasteiger partial charge on any atom is -0.369 e. The maximum absolute atomic E-state index is 14.5. The van der Waals surface area contributed by atoms with Crippen LogP contribution in [-0.2, 0) is 0 Å². The highest BCUT2D eigenvalue weighted by Gasteiger charge is 2.43. The molecule has 3 rings (SSSR count). The van der Waals surface area contributed by atoms with Crippen molar-refractivity contribution in [1.29, 1.82) is 0 Å². The Labute approximate surface area is 146 Å². The van der Waals surface area contributed by atoms with Gasteiger partial charge < -0.3 is 11.5 Å². The van der Waals surface area contributed by atoms with Crippen molar-refractivity contribution in [3.63, 3.8) is 0 Å². The SMILES string of the molecule is NC1=NC2(CCCCC2)N(c2cc(I)c(Cl)cc2F)C(N)=N1. The fourth-order valence-corrected chi connectivity index (χ4v) is 3.75. The van der Waals surface area contributed by atoms with E-state index in [1.165, 1.54) is 6.07 Å². The van der Waals surface area contributed by atoms with Gasteiger partial charge >= 0.3 is 0 Å². The zero-order chi connectivity index (χ0) is 15.9. The van der Waals surface area contributed by atoms with Crippen molar-refractivity contribution < 1.29 is 4.39 Å². The molecule has 1 heterocycles. The van der Waals surface area contributed by atoms with Crippen LogP contribution >= 0.6 is 34.2 Å². The number of hydrogen-bond acceptors (Lipinski definition) is 5. The van der Waals surface area contributed by atoms with Crippen LogP contribution in [0.5, 0.6) is 0 Å². The molecule has 0 unspecified atom stereocenters. The summed E-state index contributed by atoms with van der Waals surface area (Å²) in [5.74, 6) is -0.115. The van der Waals surface area contributed by atoms with Crippen LogP contribution in [0.1, 0.15) is 32.1 Å². The average molecular weight is 436 g/mol. The summed E-state index contributed by atoms with van der Waals surface area (Å²) in [6.07, 6.45) is 4.65. The van der Waals surface area contributed by atoms with Gasteiger partial charge in [0.05, 0.1) is 10.7 Å². The summed E-state index contributed by atoms with van der Waals surface area (Å²) in [4.78, 5) is 10.2. The molecule has 1 aliphatic carbocycles. The van der Waals surface area contributed by atoms with Gasteiger partial charge in [0.15, 0.2) is 0 Å². The summed E-state index contributed by atoms with van der Waals surface area (Å²) >= 11 is 8.05. The molecule has 1 aromatic carbocycles. The predicted octanol–water partition coefficient (Wildman–Crippen LogP) is 3.19. The Hall–Kier alpha value is -1.09. The Morgan fingerprint density at radius 3 is 2.59 bits per heavy atom. The van der Waals surface area contributed by atoms with Gasteiger partial charge in [-0.1, -0.05) is 18.0 Å². The van der Waals surface area contributed by atoms with Gasteiger partial charge in [0, 0.05) is 3.57 Å². The first kappa shape index (κ1) is 15.8. The van der Waals surface area contributed by atoms with Crippen LogP contribution in [0, 0.1) is 9.39 Å². The van der Waals surface area contributed by atoms with Crippen molar-refractivity contribution in [2.24, 2.45) is 21.5 Å². The summed E-state index contributed by atoms with van der Waals surface area (Å²) in [6.45, 7) is 0. The predicted molar refractivity (Wildman–Crippen MR) is 95.7 cm³/mol. The third-order valence-electron chi connectivity index (χ3n) is 4.08. The van der Waals surface area contributed by atoms with Crippen LogP contribution in [0.2, 0.25) is 5.02 Å². The quantitative estimate of drug-likeness (QED) is 0.525. The first-order chi connectivity index (χ1) is 10.4. The second-order valence-corrected chi connectivity index (χ2v) is 7.11. The normalized spacial score (nSPS) is 20.8. The molecule has 0 saturated heterocycles. The van der Waals surface area contributed by atoms with E-state index in [0.717, 1.165) is 35.7 Å². The van der Waals surface area contributed by atoms with Crippen molar-refractivity contribution in [3.05, 3.63) is 26.5 Å². The van der Waals surface area contributed by atoms with Crippen LogP contribution < -0.4 is 16.4 Å². The Balaban J connectivity index is 2.14. The van der Waals surface area contributed by atoms with Crippen LogP contribution in [0.25, 0.3) is 0 Å². The summed E-state index contributed by atoms with van der Waals surface area (Å²) in [5.41, 5.74) is 11.6. The number of rotatable bonds is 1. The smallest absolute Gasteiger partial charge is 0.220 e. The lowest BCUT2D eigenvalue weighted by atomic mass is 9.87. The summed E-state index contributed by atoms with van der Waals surface area (Å²) < 4.78 is 15.3. The zero-order valence-electron chi connectivity index (χ0n) is 11.8. The van der Waals surface area contributed by atoms with Gasteiger partial charge in [-0.15, -0.1) is 0 Å². The van der Waals surface area contributed by atoms with Crippen molar-refractivity contribution in [3.8, 4) is 0 Å². The number of nitrogens with zero attached hydrogens (tertiary/aromatic N) is 3. The maximum atomic E-state index is 14.5. The number of guanidine groups is 2. The molecule has 1 fully saturated rings. The summed E-state index contributed by atoms with van der Waals surface area (Å²) in [6, 6.07) is 2.97. The van der Waals surface area contributed by atoms with Crippen LogP contribution in [0.15, 0.2) is 22.1 Å². The highest BCUT2D eigenvalue weighted by Crippen LogP contribution is 2.41. The molecule has 2 aliphatic rings. The largest absolute Gasteiger partial charge is 0.369 e. The molecule has 0 atom stereocenters. The molecule has 1 aliphatic heterocycles. The van der Waals surface area contributed by atoms with E-state index >= 15 is 0 Å².